The van der Waals surface area contributed by atoms with Gasteiger partial charge in [0.25, 0.3) is 5.56 Å². The maximum absolute atomic E-state index is 13.5. The minimum Gasteiger partial charge on any atom is -0.355 e. The highest BCUT2D eigenvalue weighted by Crippen LogP contribution is 2.23. The molecule has 1 aliphatic rings. The Kier molecular flexibility index (Phi) is 4.45. The van der Waals surface area contributed by atoms with Crippen molar-refractivity contribution in [3.8, 4) is 0 Å². The quantitative estimate of drug-likeness (QED) is 0.519. The number of aryl methyl sites for hydroxylation is 2. The molecule has 0 atom stereocenters. The third-order valence-electron chi connectivity index (χ3n) is 5.89. The summed E-state index contributed by atoms with van der Waals surface area (Å²) in [6, 6.07) is 8.05. The van der Waals surface area contributed by atoms with Crippen LogP contribution in [0.15, 0.2) is 35.1 Å². The number of rotatable bonds is 3. The van der Waals surface area contributed by atoms with Crippen LogP contribution < -0.4 is 10.5 Å². The number of hydrogen-bond donors (Lipinski definition) is 0. The van der Waals surface area contributed by atoms with Crippen LogP contribution >= 0.6 is 0 Å². The molecule has 154 valence electrons. The van der Waals surface area contributed by atoms with Crippen molar-refractivity contribution in [3.05, 3.63) is 58.2 Å². The van der Waals surface area contributed by atoms with Gasteiger partial charge in [-0.2, -0.15) is 4.52 Å². The number of nitrogens with zero attached hydrogens (tertiary/aromatic N) is 7. The second-order valence-electron chi connectivity index (χ2n) is 7.88. The van der Waals surface area contributed by atoms with Crippen molar-refractivity contribution in [2.75, 3.05) is 18.0 Å². The monoisotopic (exact) mass is 407 g/mol. The number of halogens is 1. The van der Waals surface area contributed by atoms with Gasteiger partial charge in [0.05, 0.1) is 10.9 Å². The zero-order chi connectivity index (χ0) is 20.8. The van der Waals surface area contributed by atoms with Crippen molar-refractivity contribution in [1.29, 1.82) is 0 Å². The minimum absolute atomic E-state index is 0.102. The van der Waals surface area contributed by atoms with Gasteiger partial charge in [0.1, 0.15) is 17.5 Å². The summed E-state index contributed by atoms with van der Waals surface area (Å²) in [5.74, 6) is 2.28. The normalized spacial score (nSPS) is 15.4. The van der Waals surface area contributed by atoms with E-state index in [1.807, 2.05) is 26.0 Å². The van der Waals surface area contributed by atoms with E-state index in [9.17, 15) is 9.18 Å². The zero-order valence-corrected chi connectivity index (χ0v) is 16.9. The molecule has 0 aliphatic carbocycles. The number of fused-ring (bicyclic) bond motifs is 2. The molecule has 8 nitrogen and oxygen atoms in total. The molecule has 1 aromatic carbocycles. The first-order valence-corrected chi connectivity index (χ1v) is 10.1. The van der Waals surface area contributed by atoms with E-state index in [-0.39, 0.29) is 11.4 Å². The molecule has 4 heterocycles. The van der Waals surface area contributed by atoms with Crippen molar-refractivity contribution < 1.29 is 4.39 Å². The molecule has 30 heavy (non-hydrogen) atoms. The summed E-state index contributed by atoms with van der Waals surface area (Å²) in [5.41, 5.74) is 1.05. The molecule has 1 aliphatic heterocycles. The predicted octanol–water partition coefficient (Wildman–Crippen LogP) is 2.51. The Hall–Kier alpha value is -3.36. The molecule has 0 radical (unpaired) electrons. The van der Waals surface area contributed by atoms with Gasteiger partial charge in [-0.15, -0.1) is 15.3 Å². The molecule has 4 aromatic rings. The number of hydrogen-bond acceptors (Lipinski definition) is 6. The summed E-state index contributed by atoms with van der Waals surface area (Å²) in [6.07, 6.45) is 1.91. The average Bonchev–Trinajstić information content (AvgIpc) is 3.11. The van der Waals surface area contributed by atoms with Crippen LogP contribution in [0.25, 0.3) is 16.6 Å². The van der Waals surface area contributed by atoms with E-state index < -0.39 is 0 Å². The summed E-state index contributed by atoms with van der Waals surface area (Å²) in [6.45, 7) is 6.04. The molecule has 0 amide bonds. The topological polar surface area (TPSA) is 81.2 Å². The van der Waals surface area contributed by atoms with Gasteiger partial charge < -0.3 is 4.90 Å². The lowest BCUT2D eigenvalue weighted by atomic mass is 9.96. The Morgan fingerprint density at radius 3 is 2.67 bits per heavy atom. The number of piperidine rings is 1. The maximum Gasteiger partial charge on any atom is 0.261 e. The van der Waals surface area contributed by atoms with E-state index in [0.29, 0.717) is 29.2 Å². The third-order valence-corrected chi connectivity index (χ3v) is 5.89. The van der Waals surface area contributed by atoms with Crippen molar-refractivity contribution >= 4 is 22.4 Å². The second kappa shape index (κ2) is 7.16. The Labute approximate surface area is 172 Å². The lowest BCUT2D eigenvalue weighted by Gasteiger charge is -2.33. The first-order valence-electron chi connectivity index (χ1n) is 10.1. The van der Waals surface area contributed by atoms with Crippen LogP contribution in [-0.4, -0.2) is 42.5 Å². The molecule has 0 bridgehead atoms. The summed E-state index contributed by atoms with van der Waals surface area (Å²) in [5, 5.41) is 13.3. The summed E-state index contributed by atoms with van der Waals surface area (Å²) in [7, 11) is 0. The lowest BCUT2D eigenvalue weighted by molar-refractivity contribution is 0.347. The first-order chi connectivity index (χ1) is 14.5. The predicted molar refractivity (Wildman–Crippen MR) is 111 cm³/mol. The van der Waals surface area contributed by atoms with Gasteiger partial charge >= 0.3 is 0 Å². The molecule has 5 rings (SSSR count). The molecule has 0 spiro atoms. The van der Waals surface area contributed by atoms with Gasteiger partial charge in [-0.05, 0) is 56.9 Å². The third kappa shape index (κ3) is 3.20. The van der Waals surface area contributed by atoms with Gasteiger partial charge in [-0.25, -0.2) is 9.37 Å². The molecule has 3 aromatic heterocycles. The molecular formula is C21H22FN7O. The van der Waals surface area contributed by atoms with Crippen LogP contribution in [0.5, 0.6) is 0 Å². The van der Waals surface area contributed by atoms with Gasteiger partial charge in [0.15, 0.2) is 11.5 Å². The SMILES string of the molecule is Cc1nc2cc(F)ccc2c(=O)n1CC1CCN(c2ccc3nnc(C)n3n2)CC1. The molecule has 9 heteroatoms. The smallest absolute Gasteiger partial charge is 0.261 e. The molecule has 0 saturated carbocycles. The van der Waals surface area contributed by atoms with Crippen molar-refractivity contribution in [2.24, 2.45) is 5.92 Å². The molecular weight excluding hydrogens is 385 g/mol. The van der Waals surface area contributed by atoms with Crippen molar-refractivity contribution in [1.82, 2.24) is 29.4 Å². The van der Waals surface area contributed by atoms with Gasteiger partial charge in [0, 0.05) is 25.7 Å². The minimum atomic E-state index is -0.382. The standard InChI is InChI=1S/C21H22FN7O/c1-13-23-18-11-16(22)3-4-17(18)21(30)28(13)12-15-7-9-27(10-8-15)20-6-5-19-25-24-14(2)29(19)26-20/h3-6,11,15H,7-10,12H2,1-2H3. The highest BCUT2D eigenvalue weighted by Gasteiger charge is 2.22. The van der Waals surface area contributed by atoms with E-state index >= 15 is 0 Å². The van der Waals surface area contributed by atoms with Crippen molar-refractivity contribution in [3.63, 3.8) is 0 Å². The van der Waals surface area contributed by atoms with Crippen LogP contribution in [0.4, 0.5) is 10.2 Å². The van der Waals surface area contributed by atoms with Crippen LogP contribution in [0, 0.1) is 25.6 Å². The highest BCUT2D eigenvalue weighted by atomic mass is 19.1. The lowest BCUT2D eigenvalue weighted by Crippen LogP contribution is -2.37. The number of anilines is 1. The van der Waals surface area contributed by atoms with Crippen LogP contribution in [0.1, 0.15) is 24.5 Å². The summed E-state index contributed by atoms with van der Waals surface area (Å²) >= 11 is 0. The van der Waals surface area contributed by atoms with Crippen molar-refractivity contribution in [2.45, 2.75) is 33.2 Å². The fourth-order valence-corrected chi connectivity index (χ4v) is 4.18. The van der Waals surface area contributed by atoms with Crippen LogP contribution in [0.2, 0.25) is 0 Å². The van der Waals surface area contributed by atoms with Gasteiger partial charge in [-0.1, -0.05) is 0 Å². The number of aromatic nitrogens is 6. The van der Waals surface area contributed by atoms with E-state index in [4.69, 9.17) is 0 Å². The summed E-state index contributed by atoms with van der Waals surface area (Å²) in [4.78, 5) is 19.6. The van der Waals surface area contributed by atoms with Gasteiger partial charge in [0.2, 0.25) is 0 Å². The van der Waals surface area contributed by atoms with E-state index in [1.165, 1.54) is 18.2 Å². The molecule has 0 unspecified atom stereocenters. The molecule has 0 N–H and O–H groups in total. The second-order valence-corrected chi connectivity index (χ2v) is 7.88. The Morgan fingerprint density at radius 2 is 1.87 bits per heavy atom. The fraction of sp³-hybridized carbons (Fsp3) is 0.381. The Bertz CT molecular complexity index is 1300. The van der Waals surface area contributed by atoms with Crippen LogP contribution in [0.3, 0.4) is 0 Å². The van der Waals surface area contributed by atoms with E-state index in [0.717, 1.165) is 43.2 Å². The van der Waals surface area contributed by atoms with Gasteiger partial charge in [-0.3, -0.25) is 9.36 Å². The fourth-order valence-electron chi connectivity index (χ4n) is 4.18. The summed E-state index contributed by atoms with van der Waals surface area (Å²) < 4.78 is 17.0. The Balaban J connectivity index is 1.33. The first kappa shape index (κ1) is 18.7. The maximum atomic E-state index is 13.5. The highest BCUT2D eigenvalue weighted by molar-refractivity contribution is 5.77. The largest absolute Gasteiger partial charge is 0.355 e. The number of benzene rings is 1. The average molecular weight is 407 g/mol. The molecule has 1 fully saturated rings. The van der Waals surface area contributed by atoms with E-state index in [1.54, 1.807) is 9.08 Å². The molecule has 1 saturated heterocycles. The van der Waals surface area contributed by atoms with E-state index in [2.05, 4.69) is 25.2 Å². The zero-order valence-electron chi connectivity index (χ0n) is 16.9. The van der Waals surface area contributed by atoms with Crippen LogP contribution in [-0.2, 0) is 6.54 Å². The Morgan fingerprint density at radius 1 is 1.07 bits per heavy atom.